The molecule has 0 bridgehead atoms. The fraction of sp³-hybridized carbons (Fsp3) is 0.500. The maximum absolute atomic E-state index is 13.3. The first-order valence-corrected chi connectivity index (χ1v) is 11.4. The molecule has 1 heterocycles. The fourth-order valence-corrected chi connectivity index (χ4v) is 4.22. The minimum atomic E-state index is -4.09. The van der Waals surface area contributed by atoms with Crippen LogP contribution in [0.15, 0.2) is 27.7 Å². The molecule has 1 amide bonds. The molecule has 1 aromatic carbocycles. The van der Waals surface area contributed by atoms with Crippen LogP contribution in [0.1, 0.15) is 33.6 Å². The van der Waals surface area contributed by atoms with E-state index in [9.17, 15) is 22.4 Å². The van der Waals surface area contributed by atoms with E-state index in [1.165, 1.54) is 18.2 Å². The third kappa shape index (κ3) is 6.74. The number of hydrogen-bond acceptors (Lipinski definition) is 6. The van der Waals surface area contributed by atoms with Crippen molar-refractivity contribution in [3.8, 4) is 0 Å². The quantitative estimate of drug-likeness (QED) is 0.466. The second-order valence-electron chi connectivity index (χ2n) is 7.74. The van der Waals surface area contributed by atoms with Crippen molar-refractivity contribution < 1.29 is 27.1 Å². The van der Waals surface area contributed by atoms with E-state index in [-0.39, 0.29) is 36.2 Å². The minimum Gasteiger partial charge on any atom is -0.443 e. The molecule has 0 aromatic heterocycles. The van der Waals surface area contributed by atoms with Gasteiger partial charge in [0, 0.05) is 19.0 Å². The Kier molecular flexibility index (Phi) is 7.59. The van der Waals surface area contributed by atoms with Gasteiger partial charge in [-0.05, 0) is 67.7 Å². The first-order chi connectivity index (χ1) is 13.8. The molecule has 1 aromatic rings. The molecule has 166 valence electrons. The zero-order valence-corrected chi connectivity index (χ0v) is 19.2. The molecule has 0 spiro atoms. The molecular formula is C18H24BrFN4O5S. The van der Waals surface area contributed by atoms with Gasteiger partial charge in [0.2, 0.25) is 5.78 Å². The number of carbonyl (C=O) groups excluding carboxylic acids is 2. The third-order valence-corrected chi connectivity index (χ3v) is 6.26. The third-order valence-electron chi connectivity index (χ3n) is 4.18. The van der Waals surface area contributed by atoms with Crippen LogP contribution in [-0.2, 0) is 19.7 Å². The summed E-state index contributed by atoms with van der Waals surface area (Å²) in [4.78, 5) is 28.3. The maximum Gasteiger partial charge on any atom is 0.422 e. The van der Waals surface area contributed by atoms with Gasteiger partial charge >= 0.3 is 16.3 Å². The van der Waals surface area contributed by atoms with Crippen molar-refractivity contribution in [1.82, 2.24) is 9.03 Å². The number of Topliss-reactive ketones (excluding diaryl/α,β-unsaturated/α-hetero) is 1. The van der Waals surface area contributed by atoms with Gasteiger partial charge in [0.25, 0.3) is 0 Å². The summed E-state index contributed by atoms with van der Waals surface area (Å²) >= 11 is 3.04. The second kappa shape index (κ2) is 9.40. The van der Waals surface area contributed by atoms with Crippen molar-refractivity contribution in [2.75, 3.05) is 13.1 Å². The van der Waals surface area contributed by atoms with Crippen LogP contribution in [0, 0.1) is 11.7 Å². The molecule has 2 rings (SSSR count). The highest BCUT2D eigenvalue weighted by Crippen LogP contribution is 2.24. The summed E-state index contributed by atoms with van der Waals surface area (Å²) in [5.74, 6) is -1.62. The van der Waals surface area contributed by atoms with Crippen molar-refractivity contribution in [2.24, 2.45) is 16.6 Å². The maximum atomic E-state index is 13.3. The Labute approximate surface area is 183 Å². The van der Waals surface area contributed by atoms with Gasteiger partial charge in [-0.2, -0.15) is 12.7 Å². The van der Waals surface area contributed by atoms with E-state index in [4.69, 9.17) is 10.5 Å². The number of nitrogens with one attached hydrogen (secondary N) is 1. The van der Waals surface area contributed by atoms with Crippen LogP contribution < -0.4 is 10.5 Å². The second-order valence-corrected chi connectivity index (χ2v) is 10.3. The minimum absolute atomic E-state index is 0.0317. The van der Waals surface area contributed by atoms with Gasteiger partial charge < -0.3 is 10.5 Å². The number of rotatable bonds is 5. The molecule has 1 saturated heterocycles. The van der Waals surface area contributed by atoms with Crippen LogP contribution >= 0.6 is 15.9 Å². The number of ketones is 1. The largest absolute Gasteiger partial charge is 0.443 e. The highest BCUT2D eigenvalue weighted by atomic mass is 79.9. The average molecular weight is 507 g/mol. The molecule has 1 fully saturated rings. The molecule has 3 N–H and O–H groups in total. The monoisotopic (exact) mass is 506 g/mol. The van der Waals surface area contributed by atoms with Crippen LogP contribution in [0.25, 0.3) is 0 Å². The van der Waals surface area contributed by atoms with Crippen molar-refractivity contribution >= 4 is 49.5 Å². The summed E-state index contributed by atoms with van der Waals surface area (Å²) in [7, 11) is -4.09. The first kappa shape index (κ1) is 24.2. The van der Waals surface area contributed by atoms with E-state index in [2.05, 4.69) is 20.9 Å². The Balaban J connectivity index is 1.97. The SMILES string of the molecule is CC(C)(C)OC(=O)NS(=O)(=O)N1CCC(C(=O)C(N)=Nc2ccc(F)c(Br)c2)CC1. The smallest absolute Gasteiger partial charge is 0.422 e. The zero-order chi connectivity index (χ0) is 22.7. The average Bonchev–Trinajstić information content (AvgIpc) is 2.62. The highest BCUT2D eigenvalue weighted by molar-refractivity contribution is 9.10. The normalized spacial score (nSPS) is 16.9. The van der Waals surface area contributed by atoms with Crippen LogP contribution in [0.2, 0.25) is 0 Å². The number of nitrogens with two attached hydrogens (primary N) is 1. The lowest BCUT2D eigenvalue weighted by atomic mass is 9.93. The predicted molar refractivity (Wildman–Crippen MR) is 113 cm³/mol. The fourth-order valence-electron chi connectivity index (χ4n) is 2.79. The lowest BCUT2D eigenvalue weighted by molar-refractivity contribution is -0.117. The number of amidine groups is 1. The van der Waals surface area contributed by atoms with Gasteiger partial charge in [0.05, 0.1) is 10.2 Å². The number of nitrogens with zero attached hydrogens (tertiary/aromatic N) is 2. The van der Waals surface area contributed by atoms with Crippen LogP contribution in [0.4, 0.5) is 14.9 Å². The number of aliphatic imine (C=N–C) groups is 1. The van der Waals surface area contributed by atoms with E-state index in [0.717, 1.165) is 4.31 Å². The summed E-state index contributed by atoms with van der Waals surface area (Å²) in [6.07, 6.45) is -0.628. The van der Waals surface area contributed by atoms with Crippen LogP contribution in [0.5, 0.6) is 0 Å². The van der Waals surface area contributed by atoms with Crippen molar-refractivity contribution in [3.63, 3.8) is 0 Å². The van der Waals surface area contributed by atoms with Gasteiger partial charge in [-0.25, -0.2) is 18.9 Å². The van der Waals surface area contributed by atoms with Gasteiger partial charge in [-0.15, -0.1) is 0 Å². The molecule has 30 heavy (non-hydrogen) atoms. The number of amides is 1. The number of halogens is 2. The molecule has 0 aliphatic carbocycles. The molecule has 1 aliphatic rings. The lowest BCUT2D eigenvalue weighted by Crippen LogP contribution is -2.49. The molecule has 12 heteroatoms. The van der Waals surface area contributed by atoms with Gasteiger partial charge in [0.1, 0.15) is 11.4 Å². The zero-order valence-electron chi connectivity index (χ0n) is 16.8. The van der Waals surface area contributed by atoms with Crippen molar-refractivity contribution in [2.45, 2.75) is 39.2 Å². The molecule has 1 aliphatic heterocycles. The van der Waals surface area contributed by atoms with E-state index in [0.29, 0.717) is 5.69 Å². The van der Waals surface area contributed by atoms with Crippen molar-refractivity contribution in [3.05, 3.63) is 28.5 Å². The first-order valence-electron chi connectivity index (χ1n) is 9.13. The number of hydrogen-bond donors (Lipinski definition) is 2. The number of piperidine rings is 1. The number of carbonyl (C=O) groups is 2. The molecule has 0 radical (unpaired) electrons. The number of ether oxygens (including phenoxy) is 1. The molecule has 9 nitrogen and oxygen atoms in total. The predicted octanol–water partition coefficient (Wildman–Crippen LogP) is 2.63. The summed E-state index contributed by atoms with van der Waals surface area (Å²) in [6, 6.07) is 3.98. The highest BCUT2D eigenvalue weighted by Gasteiger charge is 2.34. The summed E-state index contributed by atoms with van der Waals surface area (Å²) in [5, 5.41) is 0. The Morgan fingerprint density at radius 2 is 1.90 bits per heavy atom. The lowest BCUT2D eigenvalue weighted by Gasteiger charge is -2.30. The van der Waals surface area contributed by atoms with Gasteiger partial charge in [-0.3, -0.25) is 4.79 Å². The molecule has 0 unspecified atom stereocenters. The standard InChI is InChI=1S/C18H24BrFN4O5S/c1-18(2,3)29-17(26)23-30(27,28)24-8-6-11(7-9-24)15(25)16(21)22-12-4-5-14(20)13(19)10-12/h4-5,10-11H,6-9H2,1-3H3,(H2,21,22)(H,23,26). The summed E-state index contributed by atoms with van der Waals surface area (Å²) in [5.41, 5.74) is 5.28. The van der Waals surface area contributed by atoms with Crippen LogP contribution in [0.3, 0.4) is 0 Å². The van der Waals surface area contributed by atoms with Crippen molar-refractivity contribution in [1.29, 1.82) is 0 Å². The molecular weight excluding hydrogens is 483 g/mol. The van der Waals surface area contributed by atoms with Gasteiger partial charge in [0.15, 0.2) is 5.84 Å². The Morgan fingerprint density at radius 1 is 1.30 bits per heavy atom. The van der Waals surface area contributed by atoms with E-state index < -0.39 is 39.4 Å². The van der Waals surface area contributed by atoms with E-state index >= 15 is 0 Å². The topological polar surface area (TPSA) is 131 Å². The summed E-state index contributed by atoms with van der Waals surface area (Å²) < 4.78 is 46.1. The Morgan fingerprint density at radius 3 is 2.43 bits per heavy atom. The number of benzene rings is 1. The van der Waals surface area contributed by atoms with E-state index in [1.54, 1.807) is 20.8 Å². The molecule has 0 atom stereocenters. The molecule has 0 saturated carbocycles. The van der Waals surface area contributed by atoms with Gasteiger partial charge in [-0.1, -0.05) is 0 Å². The van der Waals surface area contributed by atoms with E-state index in [1.807, 2.05) is 4.72 Å². The Bertz CT molecular complexity index is 954. The summed E-state index contributed by atoms with van der Waals surface area (Å²) in [6.45, 7) is 4.92. The van der Waals surface area contributed by atoms with Crippen LogP contribution in [-0.4, -0.2) is 49.1 Å². The Hall–Kier alpha value is -2.05.